The largest absolute Gasteiger partial charge is 0.398 e. The lowest BCUT2D eigenvalue weighted by Crippen LogP contribution is -2.44. The lowest BCUT2D eigenvalue weighted by molar-refractivity contribution is -0.123. The number of piperidine rings is 1. The third kappa shape index (κ3) is 2.61. The summed E-state index contributed by atoms with van der Waals surface area (Å²) in [5.74, 6) is -0.0510. The van der Waals surface area contributed by atoms with Crippen LogP contribution in [0, 0.1) is 0 Å². The van der Waals surface area contributed by atoms with Crippen molar-refractivity contribution < 1.29 is 9.59 Å². The first-order valence-corrected chi connectivity index (χ1v) is 6.02. The van der Waals surface area contributed by atoms with Crippen LogP contribution in [0.1, 0.15) is 30.1 Å². The number of amides is 1. The number of nitrogen functional groups attached to an aromatic ring is 1. The Morgan fingerprint density at radius 2 is 2.28 bits per heavy atom. The Balaban J connectivity index is 2.12. The summed E-state index contributed by atoms with van der Waals surface area (Å²) in [6.07, 6.45) is 1.77. The molecule has 1 atom stereocenters. The third-order valence-corrected chi connectivity index (χ3v) is 3.06. The van der Waals surface area contributed by atoms with E-state index in [1.807, 2.05) is 0 Å². The van der Waals surface area contributed by atoms with Gasteiger partial charge in [-0.25, -0.2) is 0 Å². The molecule has 5 nitrogen and oxygen atoms in total. The van der Waals surface area contributed by atoms with Gasteiger partial charge in [-0.2, -0.15) is 0 Å². The minimum absolute atomic E-state index is 0.00969. The van der Waals surface area contributed by atoms with Gasteiger partial charge >= 0.3 is 0 Å². The van der Waals surface area contributed by atoms with Gasteiger partial charge in [0.05, 0.1) is 0 Å². The molecule has 4 N–H and O–H groups in total. The summed E-state index contributed by atoms with van der Waals surface area (Å²) in [5, 5.41) is 5.94. The van der Waals surface area contributed by atoms with Gasteiger partial charge in [-0.15, -0.1) is 0 Å². The lowest BCUT2D eigenvalue weighted by Gasteiger charge is -2.24. The molecular weight excluding hydrogens is 230 g/mol. The van der Waals surface area contributed by atoms with E-state index < -0.39 is 0 Å². The lowest BCUT2D eigenvalue weighted by atomic mass is 10.1. The number of carbonyl (C=O) groups excluding carboxylic acids is 2. The highest BCUT2D eigenvalue weighted by Gasteiger charge is 2.21. The Kier molecular flexibility index (Phi) is 3.50. The summed E-state index contributed by atoms with van der Waals surface area (Å²) in [6.45, 7) is 2.22. The molecule has 5 heteroatoms. The molecular formula is C13H17N3O2. The van der Waals surface area contributed by atoms with Crippen molar-refractivity contribution in [3.8, 4) is 0 Å². The molecule has 0 spiro atoms. The van der Waals surface area contributed by atoms with E-state index in [4.69, 9.17) is 5.73 Å². The van der Waals surface area contributed by atoms with Crippen molar-refractivity contribution >= 4 is 23.1 Å². The van der Waals surface area contributed by atoms with Crippen LogP contribution in [0.3, 0.4) is 0 Å². The van der Waals surface area contributed by atoms with E-state index in [9.17, 15) is 9.59 Å². The number of nitrogens with one attached hydrogen (secondary N) is 2. The van der Waals surface area contributed by atoms with Gasteiger partial charge < -0.3 is 16.4 Å². The second kappa shape index (κ2) is 5.08. The van der Waals surface area contributed by atoms with Crippen LogP contribution >= 0.6 is 0 Å². The number of Topliss-reactive ketones (excluding diaryl/α,β-unsaturated/α-hetero) is 1. The smallest absolute Gasteiger partial charge is 0.242 e. The Bertz CT molecular complexity index is 485. The molecule has 1 amide bonds. The van der Waals surface area contributed by atoms with Gasteiger partial charge in [0, 0.05) is 23.5 Å². The quantitative estimate of drug-likeness (QED) is 0.553. The van der Waals surface area contributed by atoms with Crippen molar-refractivity contribution in [1.82, 2.24) is 5.32 Å². The molecule has 0 aromatic heterocycles. The molecule has 18 heavy (non-hydrogen) atoms. The highest BCUT2D eigenvalue weighted by Crippen LogP contribution is 2.20. The average molecular weight is 247 g/mol. The molecule has 96 valence electrons. The molecule has 0 aliphatic carbocycles. The molecule has 2 rings (SSSR count). The van der Waals surface area contributed by atoms with Crippen LogP contribution in [0.2, 0.25) is 0 Å². The third-order valence-electron chi connectivity index (χ3n) is 3.06. The van der Waals surface area contributed by atoms with Crippen LogP contribution in [0.15, 0.2) is 18.2 Å². The standard InChI is InChI=1S/C13H17N3O2/c1-8(17)10-5-4-9(7-11(10)14)16-12-3-2-6-15-13(12)18/h4-5,7,12,16H,2-3,6,14H2,1H3,(H,15,18). The first-order chi connectivity index (χ1) is 8.58. The molecule has 0 radical (unpaired) electrons. The maximum atomic E-state index is 11.6. The number of benzene rings is 1. The van der Waals surface area contributed by atoms with Crippen molar-refractivity contribution in [1.29, 1.82) is 0 Å². The number of anilines is 2. The summed E-state index contributed by atoms with van der Waals surface area (Å²) in [7, 11) is 0. The van der Waals surface area contributed by atoms with E-state index >= 15 is 0 Å². The zero-order valence-corrected chi connectivity index (χ0v) is 10.3. The molecule has 1 aliphatic heterocycles. The minimum Gasteiger partial charge on any atom is -0.398 e. The monoisotopic (exact) mass is 247 g/mol. The normalized spacial score (nSPS) is 19.2. The van der Waals surface area contributed by atoms with Gasteiger partial charge in [-0.05, 0) is 38.0 Å². The molecule has 0 saturated carbocycles. The van der Waals surface area contributed by atoms with E-state index in [-0.39, 0.29) is 17.7 Å². The molecule has 1 unspecified atom stereocenters. The number of rotatable bonds is 3. The van der Waals surface area contributed by atoms with E-state index in [0.29, 0.717) is 11.3 Å². The van der Waals surface area contributed by atoms with Crippen molar-refractivity contribution in [3.05, 3.63) is 23.8 Å². The fraction of sp³-hybridized carbons (Fsp3) is 0.385. The Hall–Kier alpha value is -2.04. The van der Waals surface area contributed by atoms with E-state index in [2.05, 4.69) is 10.6 Å². The highest BCUT2D eigenvalue weighted by molar-refractivity contribution is 5.99. The Labute approximate surface area is 106 Å². The molecule has 1 fully saturated rings. The molecule has 1 aromatic carbocycles. The zero-order chi connectivity index (χ0) is 13.1. The summed E-state index contributed by atoms with van der Waals surface area (Å²) in [4.78, 5) is 22.9. The fourth-order valence-electron chi connectivity index (χ4n) is 2.08. The van der Waals surface area contributed by atoms with Crippen molar-refractivity contribution in [2.75, 3.05) is 17.6 Å². The Morgan fingerprint density at radius 3 is 2.89 bits per heavy atom. The topological polar surface area (TPSA) is 84.2 Å². The molecule has 1 heterocycles. The van der Waals surface area contributed by atoms with Crippen molar-refractivity contribution in [2.45, 2.75) is 25.8 Å². The first kappa shape index (κ1) is 12.4. The van der Waals surface area contributed by atoms with Gasteiger partial charge in [0.15, 0.2) is 5.78 Å². The van der Waals surface area contributed by atoms with E-state index in [1.54, 1.807) is 18.2 Å². The predicted octanol–water partition coefficient (Wildman–Crippen LogP) is 1.16. The van der Waals surface area contributed by atoms with Crippen LogP contribution in [0.4, 0.5) is 11.4 Å². The zero-order valence-electron chi connectivity index (χ0n) is 10.3. The van der Waals surface area contributed by atoms with Crippen molar-refractivity contribution in [3.63, 3.8) is 0 Å². The van der Waals surface area contributed by atoms with Crippen LogP contribution in [0.25, 0.3) is 0 Å². The Morgan fingerprint density at radius 1 is 1.50 bits per heavy atom. The van der Waals surface area contributed by atoms with Gasteiger partial charge in [0.25, 0.3) is 0 Å². The SMILES string of the molecule is CC(=O)c1ccc(NC2CCCNC2=O)cc1N. The molecule has 1 aliphatic rings. The maximum absolute atomic E-state index is 11.6. The van der Waals surface area contributed by atoms with E-state index in [1.165, 1.54) is 6.92 Å². The summed E-state index contributed by atoms with van der Waals surface area (Å²) in [5.41, 5.74) is 7.51. The maximum Gasteiger partial charge on any atom is 0.242 e. The van der Waals surface area contributed by atoms with Crippen LogP contribution in [-0.2, 0) is 4.79 Å². The second-order valence-corrected chi connectivity index (χ2v) is 4.49. The molecule has 1 aromatic rings. The second-order valence-electron chi connectivity index (χ2n) is 4.49. The number of hydrogen-bond donors (Lipinski definition) is 3. The summed E-state index contributed by atoms with van der Waals surface area (Å²) >= 11 is 0. The van der Waals surface area contributed by atoms with Gasteiger partial charge in [-0.3, -0.25) is 9.59 Å². The highest BCUT2D eigenvalue weighted by atomic mass is 16.2. The van der Waals surface area contributed by atoms with Crippen LogP contribution in [-0.4, -0.2) is 24.3 Å². The summed E-state index contributed by atoms with van der Waals surface area (Å²) < 4.78 is 0. The number of ketones is 1. The van der Waals surface area contributed by atoms with Crippen molar-refractivity contribution in [2.24, 2.45) is 0 Å². The average Bonchev–Trinajstić information content (AvgIpc) is 2.32. The number of nitrogens with two attached hydrogens (primary N) is 1. The van der Waals surface area contributed by atoms with Gasteiger partial charge in [0.2, 0.25) is 5.91 Å². The summed E-state index contributed by atoms with van der Waals surface area (Å²) in [6, 6.07) is 4.93. The number of hydrogen-bond acceptors (Lipinski definition) is 4. The minimum atomic E-state index is -0.221. The number of carbonyl (C=O) groups is 2. The van der Waals surface area contributed by atoms with Gasteiger partial charge in [0.1, 0.15) is 6.04 Å². The van der Waals surface area contributed by atoms with Crippen LogP contribution < -0.4 is 16.4 Å². The van der Waals surface area contributed by atoms with E-state index in [0.717, 1.165) is 25.1 Å². The molecule has 0 bridgehead atoms. The first-order valence-electron chi connectivity index (χ1n) is 6.02. The molecule has 1 saturated heterocycles. The van der Waals surface area contributed by atoms with Gasteiger partial charge in [-0.1, -0.05) is 0 Å². The van der Waals surface area contributed by atoms with Crippen LogP contribution in [0.5, 0.6) is 0 Å². The predicted molar refractivity (Wildman–Crippen MR) is 70.5 cm³/mol. The fourth-order valence-corrected chi connectivity index (χ4v) is 2.08.